The summed E-state index contributed by atoms with van der Waals surface area (Å²) < 4.78 is 0. The summed E-state index contributed by atoms with van der Waals surface area (Å²) in [5.74, 6) is 0.831. The van der Waals surface area contributed by atoms with Gasteiger partial charge in [-0.1, -0.05) is 17.7 Å². The van der Waals surface area contributed by atoms with Crippen LogP contribution in [0.2, 0.25) is 5.02 Å². The molecule has 110 valence electrons. The number of halogens is 1. The van der Waals surface area contributed by atoms with Crippen LogP contribution < -0.4 is 9.80 Å². The Morgan fingerprint density at radius 1 is 1.00 bits per heavy atom. The Kier molecular flexibility index (Phi) is 3.97. The lowest BCUT2D eigenvalue weighted by Crippen LogP contribution is -2.47. The third-order valence-electron chi connectivity index (χ3n) is 3.86. The van der Waals surface area contributed by atoms with Crippen LogP contribution in [0.15, 0.2) is 30.5 Å². The molecule has 21 heavy (non-hydrogen) atoms. The van der Waals surface area contributed by atoms with E-state index in [4.69, 9.17) is 11.6 Å². The number of hydrogen-bond acceptors (Lipinski definition) is 4. The van der Waals surface area contributed by atoms with E-state index in [0.717, 1.165) is 42.8 Å². The lowest BCUT2D eigenvalue weighted by Gasteiger charge is -2.36. The molecule has 0 unspecified atom stereocenters. The normalized spacial score (nSPS) is 15.4. The van der Waals surface area contributed by atoms with Crippen molar-refractivity contribution in [3.8, 4) is 0 Å². The second-order valence-electron chi connectivity index (χ2n) is 5.40. The zero-order chi connectivity index (χ0) is 14.8. The largest absolute Gasteiger partial charge is 0.368 e. The molecule has 0 N–H and O–H groups in total. The van der Waals surface area contributed by atoms with Crippen molar-refractivity contribution in [1.82, 2.24) is 9.97 Å². The molecule has 2 heterocycles. The van der Waals surface area contributed by atoms with Gasteiger partial charge in [0.2, 0.25) is 5.95 Å². The third-order valence-corrected chi connectivity index (χ3v) is 4.09. The average Bonchev–Trinajstić information content (AvgIpc) is 2.50. The average molecular weight is 303 g/mol. The Morgan fingerprint density at radius 2 is 1.71 bits per heavy atom. The van der Waals surface area contributed by atoms with Gasteiger partial charge in [-0.3, -0.25) is 0 Å². The van der Waals surface area contributed by atoms with Gasteiger partial charge in [0.1, 0.15) is 0 Å². The minimum atomic E-state index is 0.792. The van der Waals surface area contributed by atoms with Crippen molar-refractivity contribution < 1.29 is 0 Å². The number of anilines is 2. The van der Waals surface area contributed by atoms with E-state index in [0.29, 0.717) is 0 Å². The zero-order valence-electron chi connectivity index (χ0n) is 12.4. The lowest BCUT2D eigenvalue weighted by atomic mass is 10.1. The summed E-state index contributed by atoms with van der Waals surface area (Å²) in [7, 11) is 0. The van der Waals surface area contributed by atoms with Gasteiger partial charge in [0.05, 0.1) is 0 Å². The highest BCUT2D eigenvalue weighted by molar-refractivity contribution is 6.30. The molecule has 1 saturated heterocycles. The zero-order valence-corrected chi connectivity index (χ0v) is 13.1. The van der Waals surface area contributed by atoms with E-state index in [-0.39, 0.29) is 0 Å². The molecule has 3 rings (SSSR count). The Hall–Kier alpha value is -1.81. The number of hydrogen-bond donors (Lipinski definition) is 0. The predicted octanol–water partition coefficient (Wildman–Crippen LogP) is 3.07. The Labute approximate surface area is 130 Å². The fraction of sp³-hybridized carbons (Fsp3) is 0.375. The quantitative estimate of drug-likeness (QED) is 0.853. The first-order chi connectivity index (χ1) is 10.1. The monoisotopic (exact) mass is 302 g/mol. The highest BCUT2D eigenvalue weighted by Crippen LogP contribution is 2.25. The SMILES string of the molecule is Cc1ccnc(N2CCN(c3cc(Cl)ccc3C)CC2)n1. The summed E-state index contributed by atoms with van der Waals surface area (Å²) in [4.78, 5) is 13.5. The minimum Gasteiger partial charge on any atom is -0.368 e. The van der Waals surface area contributed by atoms with E-state index in [1.165, 1.54) is 11.3 Å². The molecular formula is C16H19ClN4. The molecule has 0 atom stereocenters. The second-order valence-corrected chi connectivity index (χ2v) is 5.84. The molecule has 0 amide bonds. The van der Waals surface area contributed by atoms with E-state index in [1.807, 2.05) is 25.3 Å². The topological polar surface area (TPSA) is 32.3 Å². The first-order valence-electron chi connectivity index (χ1n) is 7.19. The molecule has 0 radical (unpaired) electrons. The first kappa shape index (κ1) is 14.1. The first-order valence-corrected chi connectivity index (χ1v) is 7.57. The molecule has 2 aromatic rings. The molecule has 1 aromatic carbocycles. The minimum absolute atomic E-state index is 0.792. The van der Waals surface area contributed by atoms with Crippen molar-refractivity contribution in [3.05, 3.63) is 46.7 Å². The maximum absolute atomic E-state index is 6.12. The van der Waals surface area contributed by atoms with Crippen molar-refractivity contribution >= 4 is 23.2 Å². The molecule has 0 bridgehead atoms. The van der Waals surface area contributed by atoms with Crippen molar-refractivity contribution in [3.63, 3.8) is 0 Å². The lowest BCUT2D eigenvalue weighted by molar-refractivity contribution is 0.638. The summed E-state index contributed by atoms with van der Waals surface area (Å²) >= 11 is 6.12. The van der Waals surface area contributed by atoms with Crippen molar-refractivity contribution in [2.24, 2.45) is 0 Å². The number of nitrogens with zero attached hydrogens (tertiary/aromatic N) is 4. The van der Waals surface area contributed by atoms with Crippen LogP contribution in [0.5, 0.6) is 0 Å². The Morgan fingerprint density at radius 3 is 2.43 bits per heavy atom. The molecule has 1 aromatic heterocycles. The van der Waals surface area contributed by atoms with Gasteiger partial charge in [-0.05, 0) is 37.6 Å². The van der Waals surface area contributed by atoms with Gasteiger partial charge in [-0.25, -0.2) is 9.97 Å². The van der Waals surface area contributed by atoms with Gasteiger partial charge in [0, 0.05) is 48.8 Å². The summed E-state index contributed by atoms with van der Waals surface area (Å²) in [6.45, 7) is 7.89. The summed E-state index contributed by atoms with van der Waals surface area (Å²) in [6.07, 6.45) is 1.82. The number of aromatic nitrogens is 2. The van der Waals surface area contributed by atoms with Crippen LogP contribution in [0.1, 0.15) is 11.3 Å². The fourth-order valence-corrected chi connectivity index (χ4v) is 2.82. The number of rotatable bonds is 2. The van der Waals surface area contributed by atoms with E-state index in [1.54, 1.807) is 0 Å². The van der Waals surface area contributed by atoms with E-state index in [9.17, 15) is 0 Å². The maximum atomic E-state index is 6.12. The predicted molar refractivity (Wildman–Crippen MR) is 87.4 cm³/mol. The fourth-order valence-electron chi connectivity index (χ4n) is 2.66. The Bertz CT molecular complexity index is 636. The van der Waals surface area contributed by atoms with E-state index >= 15 is 0 Å². The number of piperazine rings is 1. The van der Waals surface area contributed by atoms with Gasteiger partial charge in [-0.15, -0.1) is 0 Å². The molecular weight excluding hydrogens is 284 g/mol. The van der Waals surface area contributed by atoms with Gasteiger partial charge < -0.3 is 9.80 Å². The molecule has 0 saturated carbocycles. The maximum Gasteiger partial charge on any atom is 0.225 e. The number of benzene rings is 1. The highest BCUT2D eigenvalue weighted by Gasteiger charge is 2.20. The van der Waals surface area contributed by atoms with E-state index < -0.39 is 0 Å². The van der Waals surface area contributed by atoms with Crippen LogP contribution in [0.3, 0.4) is 0 Å². The van der Waals surface area contributed by atoms with Crippen LogP contribution in [0.25, 0.3) is 0 Å². The molecule has 0 spiro atoms. The van der Waals surface area contributed by atoms with Crippen molar-refractivity contribution in [2.45, 2.75) is 13.8 Å². The third kappa shape index (κ3) is 3.10. The second kappa shape index (κ2) is 5.90. The molecule has 4 nitrogen and oxygen atoms in total. The molecule has 5 heteroatoms. The Balaban J connectivity index is 1.72. The van der Waals surface area contributed by atoms with Gasteiger partial charge in [0.15, 0.2) is 0 Å². The number of aryl methyl sites for hydroxylation is 2. The smallest absolute Gasteiger partial charge is 0.225 e. The van der Waals surface area contributed by atoms with Crippen LogP contribution in [-0.4, -0.2) is 36.1 Å². The summed E-state index contributed by atoms with van der Waals surface area (Å²) in [5, 5.41) is 0.792. The van der Waals surface area contributed by atoms with Crippen molar-refractivity contribution in [2.75, 3.05) is 36.0 Å². The summed E-state index contributed by atoms with van der Waals surface area (Å²) in [5.41, 5.74) is 3.50. The van der Waals surface area contributed by atoms with Crippen LogP contribution in [-0.2, 0) is 0 Å². The molecule has 1 fully saturated rings. The van der Waals surface area contributed by atoms with Gasteiger partial charge >= 0.3 is 0 Å². The van der Waals surface area contributed by atoms with Crippen molar-refractivity contribution in [1.29, 1.82) is 0 Å². The standard InChI is InChI=1S/C16H19ClN4/c1-12-3-4-14(17)11-15(12)20-7-9-21(10-8-20)16-18-6-5-13(2)19-16/h3-6,11H,7-10H2,1-2H3. The summed E-state index contributed by atoms with van der Waals surface area (Å²) in [6, 6.07) is 8.00. The van der Waals surface area contributed by atoms with Gasteiger partial charge in [0.25, 0.3) is 0 Å². The van der Waals surface area contributed by atoms with Gasteiger partial charge in [-0.2, -0.15) is 0 Å². The highest BCUT2D eigenvalue weighted by atomic mass is 35.5. The van der Waals surface area contributed by atoms with E-state index in [2.05, 4.69) is 38.8 Å². The van der Waals surface area contributed by atoms with Crippen LogP contribution in [0.4, 0.5) is 11.6 Å². The van der Waals surface area contributed by atoms with Crippen LogP contribution in [0, 0.1) is 13.8 Å². The molecule has 0 aliphatic carbocycles. The molecule has 1 aliphatic rings. The van der Waals surface area contributed by atoms with Crippen LogP contribution >= 0.6 is 11.6 Å². The molecule has 1 aliphatic heterocycles.